The molecule has 0 aliphatic carbocycles. The Balaban J connectivity index is 2.33. The zero-order chi connectivity index (χ0) is 24.4. The number of unbranched alkanes of at least 4 members (excludes halogenated alkanes) is 5. The van der Waals surface area contributed by atoms with E-state index < -0.39 is 14.8 Å². The fraction of sp³-hybridized carbons (Fsp3) is 0.640. The van der Waals surface area contributed by atoms with Gasteiger partial charge >= 0.3 is 14.8 Å². The molecule has 0 saturated heterocycles. The first-order valence-corrected chi connectivity index (χ1v) is 14.0. The van der Waals surface area contributed by atoms with Crippen molar-refractivity contribution in [3.05, 3.63) is 29.8 Å². The highest BCUT2D eigenvalue weighted by molar-refractivity contribution is 6.60. The molecule has 0 fully saturated rings. The Kier molecular flexibility index (Phi) is 15.5. The Morgan fingerprint density at radius 2 is 1.45 bits per heavy atom. The van der Waals surface area contributed by atoms with Crippen LogP contribution in [0.3, 0.4) is 0 Å². The lowest BCUT2D eigenvalue weighted by atomic mass is 10.1. The van der Waals surface area contributed by atoms with E-state index in [0.717, 1.165) is 43.7 Å². The van der Waals surface area contributed by atoms with Gasteiger partial charge in [-0.15, -0.1) is 0 Å². The molecular formula is C25H42O7Si. The van der Waals surface area contributed by atoms with Crippen molar-refractivity contribution in [1.29, 1.82) is 0 Å². The van der Waals surface area contributed by atoms with E-state index in [1.807, 2.05) is 39.0 Å². The van der Waals surface area contributed by atoms with Crippen LogP contribution in [0.15, 0.2) is 24.3 Å². The van der Waals surface area contributed by atoms with E-state index in [4.69, 9.17) is 22.8 Å². The molecule has 0 unspecified atom stereocenters. The summed E-state index contributed by atoms with van der Waals surface area (Å²) in [5.41, 5.74) is 0.849. The molecule has 8 heteroatoms. The maximum Gasteiger partial charge on any atom is 0.500 e. The minimum absolute atomic E-state index is 0.394. The zero-order valence-corrected chi connectivity index (χ0v) is 22.0. The largest absolute Gasteiger partial charge is 0.500 e. The van der Waals surface area contributed by atoms with Crippen LogP contribution in [0.5, 0.6) is 11.5 Å². The Bertz CT molecular complexity index is 676. The van der Waals surface area contributed by atoms with Gasteiger partial charge in [-0.1, -0.05) is 31.7 Å². The predicted molar refractivity (Wildman–Crippen MR) is 133 cm³/mol. The van der Waals surface area contributed by atoms with E-state index in [1.54, 1.807) is 13.2 Å². The van der Waals surface area contributed by atoms with Crippen molar-refractivity contribution in [1.82, 2.24) is 0 Å². The first kappa shape index (κ1) is 29.2. The molecule has 1 aromatic carbocycles. The molecule has 0 heterocycles. The second-order valence-corrected chi connectivity index (χ2v) is 10.2. The predicted octanol–water partition coefficient (Wildman–Crippen LogP) is 5.65. The average molecular weight is 483 g/mol. The van der Waals surface area contributed by atoms with Crippen molar-refractivity contribution >= 4 is 20.8 Å². The van der Waals surface area contributed by atoms with Crippen molar-refractivity contribution in [2.24, 2.45) is 0 Å². The van der Waals surface area contributed by atoms with Crippen molar-refractivity contribution < 1.29 is 32.3 Å². The lowest BCUT2D eigenvalue weighted by Gasteiger charge is -2.28. The first-order valence-electron chi connectivity index (χ1n) is 12.0. The Hall–Kier alpha value is -1.87. The fourth-order valence-corrected chi connectivity index (χ4v) is 6.16. The van der Waals surface area contributed by atoms with Gasteiger partial charge in [0.1, 0.15) is 0 Å². The third-order valence-corrected chi connectivity index (χ3v) is 8.18. The van der Waals surface area contributed by atoms with Gasteiger partial charge in [-0.2, -0.15) is 0 Å². The lowest BCUT2D eigenvalue weighted by Crippen LogP contribution is -2.45. The molecule has 0 aliphatic rings. The van der Waals surface area contributed by atoms with Crippen molar-refractivity contribution in [2.45, 2.75) is 65.3 Å². The minimum atomic E-state index is -2.50. The van der Waals surface area contributed by atoms with Crippen molar-refractivity contribution in [3.63, 3.8) is 0 Å². The van der Waals surface area contributed by atoms with Crippen molar-refractivity contribution in [2.75, 3.05) is 40.6 Å². The van der Waals surface area contributed by atoms with Gasteiger partial charge in [-0.05, 0) is 57.4 Å². The Morgan fingerprint density at radius 1 is 0.848 bits per heavy atom. The maximum atomic E-state index is 11.3. The quantitative estimate of drug-likeness (QED) is 0.109. The molecule has 0 aromatic heterocycles. The van der Waals surface area contributed by atoms with E-state index in [2.05, 4.69) is 4.74 Å². The molecule has 0 aliphatic heterocycles. The van der Waals surface area contributed by atoms with Crippen molar-refractivity contribution in [3.8, 4) is 11.5 Å². The highest BCUT2D eigenvalue weighted by Crippen LogP contribution is 2.29. The summed E-state index contributed by atoms with van der Waals surface area (Å²) in [5.74, 6) is 0.958. The number of benzene rings is 1. The van der Waals surface area contributed by atoms with Crippen LogP contribution in [0.2, 0.25) is 6.04 Å². The molecule has 1 aromatic rings. The molecule has 0 radical (unpaired) electrons. The fourth-order valence-electron chi connectivity index (χ4n) is 3.48. The van der Waals surface area contributed by atoms with Crippen LogP contribution in [0.1, 0.15) is 64.9 Å². The summed E-state index contributed by atoms with van der Waals surface area (Å²) in [7, 11) is 0.466. The maximum absolute atomic E-state index is 11.3. The standard InChI is InChI=1S/C25H42O7Si/c1-6-30-33(31-7-2,32-8-3)20-14-12-10-9-11-13-19-29-24-21-22(15-17-23(24)27-4)16-18-25(26)28-5/h15-18,21H,6-14,19-20H2,1-5H3. The average Bonchev–Trinajstić information content (AvgIpc) is 2.82. The Morgan fingerprint density at radius 3 is 2.03 bits per heavy atom. The molecule has 0 N–H and O–H groups in total. The van der Waals surface area contributed by atoms with Crippen LogP contribution < -0.4 is 9.47 Å². The number of methoxy groups -OCH3 is 2. The number of carbonyl (C=O) groups excluding carboxylic acids is 1. The molecule has 7 nitrogen and oxygen atoms in total. The lowest BCUT2D eigenvalue weighted by molar-refractivity contribution is -0.134. The number of hydrogen-bond donors (Lipinski definition) is 0. The van der Waals surface area contributed by atoms with Crippen LogP contribution in [-0.4, -0.2) is 55.4 Å². The molecule has 0 atom stereocenters. The molecule has 188 valence electrons. The normalized spacial score (nSPS) is 11.7. The SMILES string of the molecule is CCO[Si](CCCCCCCCOc1cc(C=CC(=O)OC)ccc1OC)(OCC)OCC. The first-order chi connectivity index (χ1) is 16.0. The van der Waals surface area contributed by atoms with Gasteiger partial charge in [0.15, 0.2) is 11.5 Å². The molecule has 33 heavy (non-hydrogen) atoms. The number of ether oxygens (including phenoxy) is 3. The number of carbonyl (C=O) groups is 1. The van der Waals surface area contributed by atoms with Crippen LogP contribution >= 0.6 is 0 Å². The van der Waals surface area contributed by atoms with Gasteiger partial charge in [0.25, 0.3) is 0 Å². The van der Waals surface area contributed by atoms with Crippen LogP contribution in [0.4, 0.5) is 0 Å². The summed E-state index contributed by atoms with van der Waals surface area (Å²) < 4.78 is 33.7. The van der Waals surface area contributed by atoms with Gasteiger partial charge in [-0.25, -0.2) is 4.79 Å². The highest BCUT2D eigenvalue weighted by Gasteiger charge is 2.39. The van der Waals surface area contributed by atoms with E-state index in [9.17, 15) is 4.79 Å². The third kappa shape index (κ3) is 11.7. The molecule has 0 amide bonds. The van der Waals surface area contributed by atoms with E-state index in [0.29, 0.717) is 37.9 Å². The van der Waals surface area contributed by atoms with Crippen LogP contribution in [-0.2, 0) is 22.8 Å². The number of hydrogen-bond acceptors (Lipinski definition) is 7. The summed E-state index contributed by atoms with van der Waals surface area (Å²) in [4.78, 5) is 11.3. The summed E-state index contributed by atoms with van der Waals surface area (Å²) in [5, 5.41) is 0. The van der Waals surface area contributed by atoms with Gasteiger partial charge in [0.2, 0.25) is 0 Å². The number of rotatable bonds is 19. The van der Waals surface area contributed by atoms with Crippen LogP contribution in [0.25, 0.3) is 6.08 Å². The summed E-state index contributed by atoms with van der Waals surface area (Å²) >= 11 is 0. The second kappa shape index (κ2) is 17.6. The smallest absolute Gasteiger partial charge is 0.493 e. The minimum Gasteiger partial charge on any atom is -0.493 e. The monoisotopic (exact) mass is 482 g/mol. The molecule has 1 rings (SSSR count). The topological polar surface area (TPSA) is 72.5 Å². The van der Waals surface area contributed by atoms with Gasteiger partial charge in [-0.3, -0.25) is 0 Å². The van der Waals surface area contributed by atoms with Gasteiger partial charge in [0.05, 0.1) is 20.8 Å². The van der Waals surface area contributed by atoms with E-state index in [1.165, 1.54) is 19.6 Å². The van der Waals surface area contributed by atoms with E-state index >= 15 is 0 Å². The third-order valence-electron chi connectivity index (χ3n) is 5.03. The molecule has 0 bridgehead atoms. The molecular weight excluding hydrogens is 440 g/mol. The second-order valence-electron chi connectivity index (χ2n) is 7.47. The summed E-state index contributed by atoms with van der Waals surface area (Å²) in [6, 6.07) is 6.45. The van der Waals surface area contributed by atoms with Gasteiger partial charge in [0, 0.05) is 31.9 Å². The zero-order valence-electron chi connectivity index (χ0n) is 21.0. The highest BCUT2D eigenvalue weighted by atomic mass is 28.4. The van der Waals surface area contributed by atoms with Crippen LogP contribution in [0, 0.1) is 0 Å². The Labute approximate surface area is 200 Å². The van der Waals surface area contributed by atoms with Gasteiger partial charge < -0.3 is 27.5 Å². The van der Waals surface area contributed by atoms with E-state index in [-0.39, 0.29) is 0 Å². The molecule has 0 spiro atoms. The molecule has 0 saturated carbocycles. The summed E-state index contributed by atoms with van der Waals surface area (Å²) in [6.45, 7) is 8.48. The number of esters is 1. The summed E-state index contributed by atoms with van der Waals surface area (Å²) in [6.07, 6.45) is 9.70.